The Hall–Kier alpha value is -2.70. The molecule has 1 aromatic rings. The Labute approximate surface area is 110 Å². The van der Waals surface area contributed by atoms with Gasteiger partial charge in [0.05, 0.1) is 11.6 Å². The van der Waals surface area contributed by atoms with Gasteiger partial charge in [-0.1, -0.05) is 24.3 Å². The first-order chi connectivity index (χ1) is 9.10. The molecule has 1 aliphatic rings. The van der Waals surface area contributed by atoms with Gasteiger partial charge >= 0.3 is 0 Å². The Kier molecular flexibility index (Phi) is 3.28. The fourth-order valence-corrected chi connectivity index (χ4v) is 2.25. The average molecular weight is 253 g/mol. The molecule has 1 aromatic carbocycles. The predicted octanol–water partition coefficient (Wildman–Crippen LogP) is 1.05. The van der Waals surface area contributed by atoms with E-state index in [-0.39, 0.29) is 5.57 Å². The number of aryl methyl sites for hydroxylation is 1. The third kappa shape index (κ3) is 2.05. The van der Waals surface area contributed by atoms with Gasteiger partial charge in [-0.05, 0) is 23.9 Å². The number of nitriles is 1. The monoisotopic (exact) mass is 253 g/mol. The Morgan fingerprint density at radius 3 is 2.58 bits per heavy atom. The van der Waals surface area contributed by atoms with Crippen molar-refractivity contribution in [1.29, 1.82) is 10.7 Å². The molecule has 2 atom stereocenters. The normalized spacial score (nSPS) is 22.4. The van der Waals surface area contributed by atoms with Crippen molar-refractivity contribution < 1.29 is 9.59 Å². The molecule has 94 valence electrons. The van der Waals surface area contributed by atoms with Gasteiger partial charge in [0.1, 0.15) is 5.92 Å². The summed E-state index contributed by atoms with van der Waals surface area (Å²) in [4.78, 5) is 23.5. The summed E-state index contributed by atoms with van der Waals surface area (Å²) in [5.41, 5.74) is 1.58. The number of carbonyl (C=O) groups excluding carboxylic acids is 2. The summed E-state index contributed by atoms with van der Waals surface area (Å²) in [6.07, 6.45) is 0. The summed E-state index contributed by atoms with van der Waals surface area (Å²) in [6.45, 7) is 1.84. The minimum Gasteiger partial charge on any atom is -0.291 e. The van der Waals surface area contributed by atoms with E-state index in [1.54, 1.807) is 12.1 Å². The molecule has 5 heteroatoms. The molecule has 5 nitrogen and oxygen atoms in total. The smallest absolute Gasteiger partial charge is 0.263 e. The van der Waals surface area contributed by atoms with E-state index in [0.717, 1.165) is 5.56 Å². The number of nitrogens with zero attached hydrogens (tertiary/aromatic N) is 1. The minimum atomic E-state index is -1.02. The summed E-state index contributed by atoms with van der Waals surface area (Å²) in [7, 11) is 0. The van der Waals surface area contributed by atoms with Crippen LogP contribution in [0.15, 0.2) is 29.8 Å². The number of rotatable bonds is 1. The lowest BCUT2D eigenvalue weighted by Gasteiger charge is -2.27. The number of benzene rings is 1. The van der Waals surface area contributed by atoms with Crippen molar-refractivity contribution in [3.63, 3.8) is 0 Å². The van der Waals surface area contributed by atoms with Crippen LogP contribution in [0.25, 0.3) is 0 Å². The fourth-order valence-electron chi connectivity index (χ4n) is 2.25. The Balaban J connectivity index is 2.64. The van der Waals surface area contributed by atoms with Gasteiger partial charge in [-0.2, -0.15) is 5.26 Å². The first-order valence-electron chi connectivity index (χ1n) is 5.70. The van der Waals surface area contributed by atoms with E-state index < -0.39 is 23.7 Å². The van der Waals surface area contributed by atoms with Crippen molar-refractivity contribution in [2.75, 3.05) is 0 Å². The lowest BCUT2D eigenvalue weighted by atomic mass is 9.77. The summed E-state index contributed by atoms with van der Waals surface area (Å²) in [5, 5.41) is 18.5. The van der Waals surface area contributed by atoms with Crippen molar-refractivity contribution in [2.45, 2.75) is 12.8 Å². The molecule has 2 rings (SSSR count). The van der Waals surface area contributed by atoms with Crippen LogP contribution in [-0.2, 0) is 9.59 Å². The molecule has 0 aromatic heterocycles. The molecule has 1 fully saturated rings. The van der Waals surface area contributed by atoms with Crippen LogP contribution in [0.5, 0.6) is 0 Å². The second kappa shape index (κ2) is 4.89. The summed E-state index contributed by atoms with van der Waals surface area (Å²) < 4.78 is 0. The quantitative estimate of drug-likeness (QED) is 0.445. The van der Waals surface area contributed by atoms with Crippen molar-refractivity contribution in [3.05, 3.63) is 41.0 Å². The fraction of sp³-hybridized carbons (Fsp3) is 0.214. The lowest BCUT2D eigenvalue weighted by Crippen LogP contribution is -2.46. The van der Waals surface area contributed by atoms with Crippen LogP contribution in [0, 0.1) is 29.6 Å². The maximum atomic E-state index is 11.7. The molecule has 2 N–H and O–H groups in total. The number of amides is 2. The summed E-state index contributed by atoms with van der Waals surface area (Å²) in [6, 6.07) is 9.10. The zero-order valence-electron chi connectivity index (χ0n) is 10.2. The van der Waals surface area contributed by atoms with E-state index in [1.165, 1.54) is 0 Å². The van der Waals surface area contributed by atoms with Crippen LogP contribution < -0.4 is 5.32 Å². The average Bonchev–Trinajstić information content (AvgIpc) is 2.38. The highest BCUT2D eigenvalue weighted by molar-refractivity contribution is 6.14. The second-order valence-electron chi connectivity index (χ2n) is 4.30. The van der Waals surface area contributed by atoms with Crippen LogP contribution in [0.1, 0.15) is 17.0 Å². The number of piperidine rings is 1. The van der Waals surface area contributed by atoms with Gasteiger partial charge in [-0.25, -0.2) is 0 Å². The molecule has 1 saturated heterocycles. The van der Waals surface area contributed by atoms with Crippen molar-refractivity contribution in [3.8, 4) is 6.07 Å². The van der Waals surface area contributed by atoms with E-state index in [1.807, 2.05) is 25.1 Å². The third-order valence-corrected chi connectivity index (χ3v) is 3.21. The SMILES string of the molecule is Cc1ccccc1C1C(=C=N)C(=O)NC(=O)C1C#N. The van der Waals surface area contributed by atoms with Gasteiger partial charge in [0.25, 0.3) is 5.91 Å². The highest BCUT2D eigenvalue weighted by Crippen LogP contribution is 2.35. The third-order valence-electron chi connectivity index (χ3n) is 3.21. The number of hydrogen-bond donors (Lipinski definition) is 2. The molecule has 2 amide bonds. The van der Waals surface area contributed by atoms with Gasteiger partial charge in [-0.3, -0.25) is 20.3 Å². The van der Waals surface area contributed by atoms with Crippen molar-refractivity contribution in [2.24, 2.45) is 5.92 Å². The second-order valence-corrected chi connectivity index (χ2v) is 4.30. The van der Waals surface area contributed by atoms with Gasteiger partial charge in [0, 0.05) is 5.92 Å². The molecular formula is C14H11N3O2. The Morgan fingerprint density at radius 1 is 1.32 bits per heavy atom. The van der Waals surface area contributed by atoms with Crippen LogP contribution in [0.3, 0.4) is 0 Å². The minimum absolute atomic E-state index is 0.0143. The van der Waals surface area contributed by atoms with Crippen LogP contribution in [0.2, 0.25) is 0 Å². The largest absolute Gasteiger partial charge is 0.291 e. The molecule has 19 heavy (non-hydrogen) atoms. The van der Waals surface area contributed by atoms with Crippen LogP contribution in [0.4, 0.5) is 0 Å². The van der Waals surface area contributed by atoms with Gasteiger partial charge < -0.3 is 0 Å². The van der Waals surface area contributed by atoms with Crippen LogP contribution in [-0.4, -0.2) is 17.7 Å². The van der Waals surface area contributed by atoms with E-state index in [4.69, 9.17) is 10.7 Å². The van der Waals surface area contributed by atoms with E-state index >= 15 is 0 Å². The number of imide groups is 1. The highest BCUT2D eigenvalue weighted by Gasteiger charge is 2.41. The number of hydrogen-bond acceptors (Lipinski definition) is 4. The Bertz CT molecular complexity index is 651. The first-order valence-corrected chi connectivity index (χ1v) is 5.70. The molecule has 1 heterocycles. The number of nitrogens with one attached hydrogen (secondary N) is 2. The summed E-state index contributed by atoms with van der Waals surface area (Å²) >= 11 is 0. The highest BCUT2D eigenvalue weighted by atomic mass is 16.2. The van der Waals surface area contributed by atoms with Crippen LogP contribution >= 0.6 is 0 Å². The number of carbonyl (C=O) groups is 2. The predicted molar refractivity (Wildman–Crippen MR) is 67.4 cm³/mol. The maximum absolute atomic E-state index is 11.7. The Morgan fingerprint density at radius 2 is 2.00 bits per heavy atom. The molecule has 0 aliphatic carbocycles. The van der Waals surface area contributed by atoms with Crippen molar-refractivity contribution in [1.82, 2.24) is 5.32 Å². The molecule has 1 aliphatic heterocycles. The molecule has 0 radical (unpaired) electrons. The van der Waals surface area contributed by atoms with E-state index in [9.17, 15) is 9.59 Å². The molecule has 0 saturated carbocycles. The molecule has 2 unspecified atom stereocenters. The lowest BCUT2D eigenvalue weighted by molar-refractivity contribution is -0.132. The van der Waals surface area contributed by atoms with E-state index in [2.05, 4.69) is 11.2 Å². The molecule has 0 bridgehead atoms. The standard InChI is InChI=1S/C14H11N3O2/c1-8-4-2-3-5-9(8)12-10(6-15)13(18)17-14(19)11(12)7-16/h2-5,10,12,16H,1H3,(H,17,18,19). The molecule has 0 spiro atoms. The van der Waals surface area contributed by atoms with Crippen molar-refractivity contribution >= 4 is 17.7 Å². The van der Waals surface area contributed by atoms with Gasteiger partial charge in [-0.15, -0.1) is 0 Å². The zero-order chi connectivity index (χ0) is 14.0. The topological polar surface area (TPSA) is 93.8 Å². The first kappa shape index (κ1) is 12.7. The maximum Gasteiger partial charge on any atom is 0.263 e. The van der Waals surface area contributed by atoms with Gasteiger partial charge in [0.15, 0.2) is 0 Å². The molecular weight excluding hydrogens is 242 g/mol. The van der Waals surface area contributed by atoms with E-state index in [0.29, 0.717) is 5.56 Å². The summed E-state index contributed by atoms with van der Waals surface area (Å²) in [5.74, 6) is -0.966. The zero-order valence-corrected chi connectivity index (χ0v) is 10.2. The van der Waals surface area contributed by atoms with Gasteiger partial charge in [0.2, 0.25) is 5.91 Å².